The summed E-state index contributed by atoms with van der Waals surface area (Å²) in [5, 5.41) is 18.5. The molecule has 0 amide bonds. The van der Waals surface area contributed by atoms with Crippen molar-refractivity contribution in [3.05, 3.63) is 32.5 Å². The molecule has 1 N–H and O–H groups in total. The van der Waals surface area contributed by atoms with E-state index < -0.39 is 39.4 Å². The zero-order valence-electron chi connectivity index (χ0n) is 7.35. The summed E-state index contributed by atoms with van der Waals surface area (Å²) in [7, 11) is 0. The number of nitro groups is 1. The number of pyridine rings is 1. The normalized spacial score (nSPS) is 10.5. The number of alkyl halides is 2. The number of aromatic carboxylic acids is 1. The van der Waals surface area contributed by atoms with E-state index in [2.05, 4.69) is 4.98 Å². The van der Waals surface area contributed by atoms with Gasteiger partial charge in [0.2, 0.25) is 5.15 Å². The molecule has 0 radical (unpaired) electrons. The number of aromatic nitrogens is 1. The maximum Gasteiger partial charge on any atom is 0.380 e. The number of carboxylic acid groups (broad SMARTS) is 1. The van der Waals surface area contributed by atoms with Crippen molar-refractivity contribution < 1.29 is 23.6 Å². The Bertz CT molecular complexity index is 466. The average molecular weight is 253 g/mol. The lowest BCUT2D eigenvalue weighted by molar-refractivity contribution is -0.390. The monoisotopic (exact) mass is 252 g/mol. The molecule has 0 bridgehead atoms. The van der Waals surface area contributed by atoms with Gasteiger partial charge in [0.1, 0.15) is 0 Å². The molecule has 0 spiro atoms. The molecular formula is C7H3ClF2N2O4. The maximum absolute atomic E-state index is 12.4. The van der Waals surface area contributed by atoms with Crippen LogP contribution in [0.4, 0.5) is 14.6 Å². The molecule has 0 fully saturated rings. The van der Waals surface area contributed by atoms with Crippen LogP contribution in [0.3, 0.4) is 0 Å². The lowest BCUT2D eigenvalue weighted by Gasteiger charge is -2.04. The molecule has 6 nitrogen and oxygen atoms in total. The Morgan fingerprint density at radius 3 is 2.56 bits per heavy atom. The maximum atomic E-state index is 12.4. The molecule has 1 heterocycles. The topological polar surface area (TPSA) is 93.3 Å². The second-order valence-electron chi connectivity index (χ2n) is 2.60. The summed E-state index contributed by atoms with van der Waals surface area (Å²) in [6.07, 6.45) is -3.19. The van der Waals surface area contributed by atoms with Crippen LogP contribution in [0, 0.1) is 10.1 Å². The highest BCUT2D eigenvalue weighted by Crippen LogP contribution is 2.30. The van der Waals surface area contributed by atoms with Crippen molar-refractivity contribution in [3.8, 4) is 0 Å². The van der Waals surface area contributed by atoms with E-state index in [4.69, 9.17) is 16.7 Å². The third-order valence-electron chi connectivity index (χ3n) is 1.62. The summed E-state index contributed by atoms with van der Waals surface area (Å²) in [4.78, 5) is 23.0. The quantitative estimate of drug-likeness (QED) is 0.506. The average Bonchev–Trinajstić information content (AvgIpc) is 2.15. The molecule has 1 aromatic rings. The third kappa shape index (κ3) is 2.22. The van der Waals surface area contributed by atoms with Gasteiger partial charge in [0.15, 0.2) is 5.56 Å². The van der Waals surface area contributed by atoms with Crippen LogP contribution in [0.1, 0.15) is 22.3 Å². The van der Waals surface area contributed by atoms with Gasteiger partial charge in [-0.25, -0.2) is 13.6 Å². The number of hydrogen-bond acceptors (Lipinski definition) is 4. The van der Waals surface area contributed by atoms with E-state index in [1.54, 1.807) is 0 Å². The fourth-order valence-electron chi connectivity index (χ4n) is 1.04. The Morgan fingerprint density at radius 1 is 1.62 bits per heavy atom. The summed E-state index contributed by atoms with van der Waals surface area (Å²) in [5.41, 5.74) is -2.18. The summed E-state index contributed by atoms with van der Waals surface area (Å²) in [5.74, 6) is -3.05. The van der Waals surface area contributed by atoms with Crippen molar-refractivity contribution in [1.82, 2.24) is 4.98 Å². The van der Waals surface area contributed by atoms with E-state index in [1.807, 2.05) is 0 Å². The number of carbonyl (C=O) groups is 1. The van der Waals surface area contributed by atoms with Crippen LogP contribution < -0.4 is 0 Å². The van der Waals surface area contributed by atoms with E-state index >= 15 is 0 Å². The molecule has 0 aliphatic heterocycles. The fraction of sp³-hybridized carbons (Fsp3) is 0.143. The van der Waals surface area contributed by atoms with Gasteiger partial charge in [-0.3, -0.25) is 0 Å². The van der Waals surface area contributed by atoms with Gasteiger partial charge in [-0.1, -0.05) is 0 Å². The third-order valence-corrected chi connectivity index (χ3v) is 1.82. The van der Waals surface area contributed by atoms with Crippen LogP contribution in [0.5, 0.6) is 0 Å². The highest BCUT2D eigenvalue weighted by molar-refractivity contribution is 6.29. The standard InChI is InChI=1S/C7H3ClF2N2O4/c8-3-1-2(5(9)10)4(7(13)14)6(11-3)12(15)16/h1,5H,(H,13,14). The molecular weight excluding hydrogens is 250 g/mol. The molecule has 0 unspecified atom stereocenters. The van der Waals surface area contributed by atoms with Gasteiger partial charge < -0.3 is 15.2 Å². The van der Waals surface area contributed by atoms with Crippen LogP contribution in [-0.4, -0.2) is 21.0 Å². The first-order valence-corrected chi connectivity index (χ1v) is 4.08. The van der Waals surface area contributed by atoms with Crippen LogP contribution in [-0.2, 0) is 0 Å². The Labute approximate surface area is 91.6 Å². The van der Waals surface area contributed by atoms with Gasteiger partial charge in [-0.15, -0.1) is 0 Å². The summed E-state index contributed by atoms with van der Waals surface area (Å²) in [6, 6.07) is 0.586. The van der Waals surface area contributed by atoms with Crippen LogP contribution >= 0.6 is 11.6 Å². The zero-order valence-corrected chi connectivity index (χ0v) is 8.11. The smallest absolute Gasteiger partial charge is 0.380 e. The SMILES string of the molecule is O=C(O)c1c(C(F)F)cc(Cl)nc1[N+](=O)[O-]. The lowest BCUT2D eigenvalue weighted by atomic mass is 10.1. The second kappa shape index (κ2) is 4.35. The first kappa shape index (κ1) is 12.2. The van der Waals surface area contributed by atoms with E-state index in [-0.39, 0.29) is 0 Å². The molecule has 1 aromatic heterocycles. The van der Waals surface area contributed by atoms with Gasteiger partial charge >= 0.3 is 11.8 Å². The van der Waals surface area contributed by atoms with E-state index in [0.717, 1.165) is 0 Å². The minimum Gasteiger partial charge on any atom is -0.477 e. The first-order valence-electron chi connectivity index (χ1n) is 3.71. The minimum absolute atomic E-state index is 0.563. The van der Waals surface area contributed by atoms with Gasteiger partial charge in [-0.05, 0) is 21.5 Å². The van der Waals surface area contributed by atoms with Crippen molar-refractivity contribution in [3.63, 3.8) is 0 Å². The Morgan fingerprint density at radius 2 is 2.19 bits per heavy atom. The Kier molecular flexibility index (Phi) is 3.33. The highest BCUT2D eigenvalue weighted by atomic mass is 35.5. The van der Waals surface area contributed by atoms with Crippen molar-refractivity contribution in [1.29, 1.82) is 0 Å². The highest BCUT2D eigenvalue weighted by Gasteiger charge is 2.31. The summed E-state index contributed by atoms with van der Waals surface area (Å²) in [6.45, 7) is 0. The minimum atomic E-state index is -3.19. The first-order chi connectivity index (χ1) is 7.34. The van der Waals surface area contributed by atoms with Gasteiger partial charge in [0.05, 0.1) is 0 Å². The number of halogens is 3. The molecule has 1 rings (SSSR count). The molecule has 86 valence electrons. The molecule has 0 saturated carbocycles. The second-order valence-corrected chi connectivity index (χ2v) is 2.98. The fourth-order valence-corrected chi connectivity index (χ4v) is 1.24. The number of nitrogens with zero attached hydrogens (tertiary/aromatic N) is 2. The van der Waals surface area contributed by atoms with Crippen LogP contribution in [0.15, 0.2) is 6.07 Å². The molecule has 0 aliphatic rings. The summed E-state index contributed by atoms with van der Waals surface area (Å²) < 4.78 is 24.9. The molecule has 9 heteroatoms. The van der Waals surface area contributed by atoms with Crippen molar-refractivity contribution in [2.24, 2.45) is 0 Å². The number of rotatable bonds is 3. The van der Waals surface area contributed by atoms with E-state index in [1.165, 1.54) is 0 Å². The zero-order chi connectivity index (χ0) is 12.5. The number of hydrogen-bond donors (Lipinski definition) is 1. The predicted molar refractivity (Wildman–Crippen MR) is 47.8 cm³/mol. The van der Waals surface area contributed by atoms with Gasteiger partial charge in [0, 0.05) is 11.6 Å². The van der Waals surface area contributed by atoms with Crippen LogP contribution in [0.2, 0.25) is 5.15 Å². The Hall–Kier alpha value is -1.83. The Balaban J connectivity index is 3.60. The predicted octanol–water partition coefficient (Wildman–Crippen LogP) is 2.28. The van der Waals surface area contributed by atoms with Gasteiger partial charge in [0.25, 0.3) is 6.43 Å². The van der Waals surface area contributed by atoms with E-state index in [0.29, 0.717) is 6.07 Å². The largest absolute Gasteiger partial charge is 0.477 e. The van der Waals surface area contributed by atoms with Crippen molar-refractivity contribution in [2.75, 3.05) is 0 Å². The van der Waals surface area contributed by atoms with Crippen LogP contribution in [0.25, 0.3) is 0 Å². The molecule has 16 heavy (non-hydrogen) atoms. The van der Waals surface area contributed by atoms with Crippen molar-refractivity contribution in [2.45, 2.75) is 6.43 Å². The number of carboxylic acids is 1. The lowest BCUT2D eigenvalue weighted by Crippen LogP contribution is -2.09. The van der Waals surface area contributed by atoms with Crippen molar-refractivity contribution >= 4 is 23.4 Å². The van der Waals surface area contributed by atoms with E-state index in [9.17, 15) is 23.7 Å². The molecule has 0 aromatic carbocycles. The molecule has 0 saturated heterocycles. The summed E-state index contributed by atoms with van der Waals surface area (Å²) >= 11 is 5.27. The molecule has 0 atom stereocenters. The molecule has 0 aliphatic carbocycles. The van der Waals surface area contributed by atoms with Gasteiger partial charge in [-0.2, -0.15) is 0 Å².